The summed E-state index contributed by atoms with van der Waals surface area (Å²) in [5.41, 5.74) is 1.49. The van der Waals surface area contributed by atoms with E-state index in [1.54, 1.807) is 37.4 Å². The van der Waals surface area contributed by atoms with E-state index < -0.39 is 0 Å². The van der Waals surface area contributed by atoms with Gasteiger partial charge >= 0.3 is 0 Å². The molecule has 0 heterocycles. The van der Waals surface area contributed by atoms with Crippen LogP contribution in [0.25, 0.3) is 0 Å². The molecule has 0 bridgehead atoms. The molecule has 0 aromatic rings. The lowest BCUT2D eigenvalue weighted by molar-refractivity contribution is 0.318. The fourth-order valence-electron chi connectivity index (χ4n) is 0.615. The molecule has 14 heavy (non-hydrogen) atoms. The predicted molar refractivity (Wildman–Crippen MR) is 64.4 cm³/mol. The fraction of sp³-hybridized carbons (Fsp3) is 0.750. The van der Waals surface area contributed by atoms with Crippen molar-refractivity contribution < 1.29 is 10.4 Å². The monoisotopic (exact) mass is 236 g/mol. The van der Waals surface area contributed by atoms with Gasteiger partial charge in [-0.1, -0.05) is 10.3 Å². The molecular weight excluding hydrogens is 220 g/mol. The maximum absolute atomic E-state index is 8.37. The molecule has 0 saturated carbocycles. The minimum Gasteiger partial charge on any atom is -0.411 e. The summed E-state index contributed by atoms with van der Waals surface area (Å²) < 4.78 is 0. The summed E-state index contributed by atoms with van der Waals surface area (Å²) >= 11 is 3.46. The predicted octanol–water partition coefficient (Wildman–Crippen LogP) is 2.15. The molecule has 0 radical (unpaired) electrons. The lowest BCUT2D eigenvalue weighted by Crippen LogP contribution is -1.99. The van der Waals surface area contributed by atoms with E-state index in [9.17, 15) is 0 Å². The van der Waals surface area contributed by atoms with E-state index in [0.717, 1.165) is 34.4 Å². The summed E-state index contributed by atoms with van der Waals surface area (Å²) in [7, 11) is 0. The summed E-state index contributed by atoms with van der Waals surface area (Å²) in [6.45, 7) is 3.59. The first-order valence-electron chi connectivity index (χ1n) is 4.21. The van der Waals surface area contributed by atoms with Crippen LogP contribution in [0, 0.1) is 0 Å². The van der Waals surface area contributed by atoms with E-state index >= 15 is 0 Å². The quantitative estimate of drug-likeness (QED) is 0.308. The van der Waals surface area contributed by atoms with Crippen molar-refractivity contribution in [1.29, 1.82) is 0 Å². The first-order valence-corrected chi connectivity index (χ1v) is 6.52. The molecule has 4 nitrogen and oxygen atoms in total. The third-order valence-corrected chi connectivity index (χ3v) is 3.82. The van der Waals surface area contributed by atoms with Crippen molar-refractivity contribution in [2.24, 2.45) is 10.3 Å². The topological polar surface area (TPSA) is 65.2 Å². The van der Waals surface area contributed by atoms with Gasteiger partial charge in [0.1, 0.15) is 0 Å². The number of thioether (sulfide) groups is 2. The maximum Gasteiger partial charge on any atom is 0.0638 e. The molecule has 6 heteroatoms. The van der Waals surface area contributed by atoms with Crippen LogP contribution in [0.1, 0.15) is 13.8 Å². The standard InChI is InChI=1S/C8H16N2O2S2/c1-7(9-11)5-13-3-4-14-6-8(2)10-12/h11-12H,3-6H2,1-2H3/b9-7+,10-8+. The van der Waals surface area contributed by atoms with Crippen molar-refractivity contribution in [3.63, 3.8) is 0 Å². The average molecular weight is 236 g/mol. The van der Waals surface area contributed by atoms with E-state index in [-0.39, 0.29) is 0 Å². The van der Waals surface area contributed by atoms with Gasteiger partial charge in [0.15, 0.2) is 0 Å². The Morgan fingerprint density at radius 3 is 1.57 bits per heavy atom. The number of oxime groups is 2. The Hall–Kier alpha value is -0.360. The Kier molecular flexibility index (Phi) is 8.97. The second-order valence-corrected chi connectivity index (χ2v) is 4.99. The maximum atomic E-state index is 8.37. The first kappa shape index (κ1) is 13.6. The zero-order valence-electron chi connectivity index (χ0n) is 8.43. The summed E-state index contributed by atoms with van der Waals surface area (Å²) in [6.07, 6.45) is 0. The lowest BCUT2D eigenvalue weighted by atomic mass is 10.5. The van der Waals surface area contributed by atoms with Gasteiger partial charge in [0, 0.05) is 23.0 Å². The summed E-state index contributed by atoms with van der Waals surface area (Å²) in [5.74, 6) is 3.56. The zero-order valence-corrected chi connectivity index (χ0v) is 10.1. The van der Waals surface area contributed by atoms with Gasteiger partial charge in [-0.3, -0.25) is 0 Å². The summed E-state index contributed by atoms with van der Waals surface area (Å²) in [6, 6.07) is 0. The van der Waals surface area contributed by atoms with Crippen LogP contribution >= 0.6 is 23.5 Å². The third-order valence-electron chi connectivity index (χ3n) is 1.34. The lowest BCUT2D eigenvalue weighted by Gasteiger charge is -2.00. The highest BCUT2D eigenvalue weighted by Gasteiger charge is 1.95. The van der Waals surface area contributed by atoms with Gasteiger partial charge in [-0.05, 0) is 13.8 Å². The fourth-order valence-corrected chi connectivity index (χ4v) is 2.55. The molecule has 2 N–H and O–H groups in total. The smallest absolute Gasteiger partial charge is 0.0638 e. The average Bonchev–Trinajstić information content (AvgIpc) is 2.22. The second kappa shape index (κ2) is 9.21. The number of hydrogen-bond acceptors (Lipinski definition) is 6. The first-order chi connectivity index (χ1) is 6.70. The van der Waals surface area contributed by atoms with Crippen LogP contribution in [0.4, 0.5) is 0 Å². The van der Waals surface area contributed by atoms with E-state index in [2.05, 4.69) is 10.3 Å². The van der Waals surface area contributed by atoms with Crippen LogP contribution in [0.3, 0.4) is 0 Å². The van der Waals surface area contributed by atoms with E-state index in [1.165, 1.54) is 0 Å². The Morgan fingerprint density at radius 2 is 1.29 bits per heavy atom. The molecule has 0 aliphatic rings. The van der Waals surface area contributed by atoms with Crippen molar-refractivity contribution >= 4 is 34.9 Å². The summed E-state index contributed by atoms with van der Waals surface area (Å²) in [4.78, 5) is 0. The van der Waals surface area contributed by atoms with Crippen molar-refractivity contribution in [2.75, 3.05) is 23.0 Å². The largest absolute Gasteiger partial charge is 0.411 e. The Morgan fingerprint density at radius 1 is 0.929 bits per heavy atom. The van der Waals surface area contributed by atoms with Crippen LogP contribution in [0.5, 0.6) is 0 Å². The Labute approximate surface area is 92.8 Å². The molecular formula is C8H16N2O2S2. The molecule has 0 aromatic heterocycles. The molecule has 0 amide bonds. The third kappa shape index (κ3) is 8.25. The highest BCUT2D eigenvalue weighted by Crippen LogP contribution is 2.07. The van der Waals surface area contributed by atoms with Crippen molar-refractivity contribution in [1.82, 2.24) is 0 Å². The minimum absolute atomic E-state index is 0.744. The van der Waals surface area contributed by atoms with Gasteiger partial charge in [0.05, 0.1) is 11.4 Å². The Bertz CT molecular complexity index is 186. The van der Waals surface area contributed by atoms with E-state index in [4.69, 9.17) is 10.4 Å². The van der Waals surface area contributed by atoms with Crippen LogP contribution in [0.15, 0.2) is 10.3 Å². The van der Waals surface area contributed by atoms with Gasteiger partial charge in [0.2, 0.25) is 0 Å². The molecule has 0 aliphatic carbocycles. The van der Waals surface area contributed by atoms with Crippen molar-refractivity contribution in [2.45, 2.75) is 13.8 Å². The van der Waals surface area contributed by atoms with Gasteiger partial charge in [-0.25, -0.2) is 0 Å². The highest BCUT2D eigenvalue weighted by atomic mass is 32.2. The number of nitrogens with zero attached hydrogens (tertiary/aromatic N) is 2. The normalized spacial score (nSPS) is 13.3. The summed E-state index contributed by atoms with van der Waals surface area (Å²) in [5, 5.41) is 22.9. The molecule has 0 fully saturated rings. The Balaban J connectivity index is 3.22. The van der Waals surface area contributed by atoms with Crippen LogP contribution < -0.4 is 0 Å². The minimum atomic E-state index is 0.744. The van der Waals surface area contributed by atoms with Crippen molar-refractivity contribution in [3.05, 3.63) is 0 Å². The molecule has 0 saturated heterocycles. The van der Waals surface area contributed by atoms with Crippen LogP contribution in [-0.2, 0) is 0 Å². The van der Waals surface area contributed by atoms with Crippen LogP contribution in [-0.4, -0.2) is 44.8 Å². The molecule has 0 spiro atoms. The van der Waals surface area contributed by atoms with Gasteiger partial charge in [-0.15, -0.1) is 0 Å². The second-order valence-electron chi connectivity index (χ2n) is 2.78. The molecule has 0 atom stereocenters. The van der Waals surface area contributed by atoms with Gasteiger partial charge in [-0.2, -0.15) is 23.5 Å². The molecule has 0 rings (SSSR count). The van der Waals surface area contributed by atoms with Gasteiger partial charge < -0.3 is 10.4 Å². The number of hydrogen-bond donors (Lipinski definition) is 2. The molecule has 82 valence electrons. The van der Waals surface area contributed by atoms with Crippen molar-refractivity contribution in [3.8, 4) is 0 Å². The van der Waals surface area contributed by atoms with Gasteiger partial charge in [0.25, 0.3) is 0 Å². The van der Waals surface area contributed by atoms with Crippen LogP contribution in [0.2, 0.25) is 0 Å². The SMILES string of the molecule is C/C(CSCCSC/C(C)=N/O)=N\O. The number of rotatable bonds is 7. The van der Waals surface area contributed by atoms with E-state index in [1.807, 2.05) is 0 Å². The molecule has 0 aromatic carbocycles. The zero-order chi connectivity index (χ0) is 10.8. The molecule has 0 unspecified atom stereocenters. The molecule has 0 aliphatic heterocycles. The van der Waals surface area contributed by atoms with E-state index in [0.29, 0.717) is 0 Å². The highest BCUT2D eigenvalue weighted by molar-refractivity contribution is 8.03.